The van der Waals surface area contributed by atoms with Crippen LogP contribution in [0.15, 0.2) is 42.5 Å². The van der Waals surface area contributed by atoms with Gasteiger partial charge in [-0.15, -0.1) is 15.6 Å². The Morgan fingerprint density at radius 2 is 2.00 bits per heavy atom. The van der Waals surface area contributed by atoms with E-state index in [1.807, 2.05) is 13.0 Å². The lowest BCUT2D eigenvalue weighted by Gasteiger charge is -2.07. The molecule has 0 saturated carbocycles. The topological polar surface area (TPSA) is 122 Å². The number of thiophene rings is 1. The fraction of sp³-hybridized carbons (Fsp3) is 0.111. The van der Waals surface area contributed by atoms with Gasteiger partial charge < -0.3 is 5.73 Å². The van der Waals surface area contributed by atoms with E-state index in [-0.39, 0.29) is 10.7 Å². The summed E-state index contributed by atoms with van der Waals surface area (Å²) in [6, 6.07) is 11.5. The minimum absolute atomic E-state index is 0.228. The second-order valence-corrected chi connectivity index (χ2v) is 8.67. The highest BCUT2D eigenvalue weighted by Gasteiger charge is 2.22. The fourth-order valence-corrected chi connectivity index (χ4v) is 4.56. The number of hydroxylamine groups is 1. The minimum atomic E-state index is -4.26. The van der Waals surface area contributed by atoms with E-state index in [0.29, 0.717) is 5.56 Å². The Bertz CT molecular complexity index is 1190. The molecular weight excluding hydrogens is 405 g/mol. The lowest BCUT2D eigenvalue weighted by atomic mass is 9.97. The van der Waals surface area contributed by atoms with Crippen molar-refractivity contribution in [1.29, 1.82) is 5.41 Å². The standard InChI is InChI=1S/C18H16FN3O4S2/c1-10-5-6-11(19)7-13(10)12-3-2-4-16-14(12)8-17(27-16)15(23)9-28(24,25)26-22-18(20)21/h2-8H,9H2,1H3,(H4,20,21,22). The van der Waals surface area contributed by atoms with Crippen LogP contribution in [0.1, 0.15) is 15.2 Å². The van der Waals surface area contributed by atoms with Crippen molar-refractivity contribution in [2.24, 2.45) is 5.73 Å². The number of nitrogens with one attached hydrogen (secondary N) is 2. The van der Waals surface area contributed by atoms with Gasteiger partial charge in [-0.3, -0.25) is 10.2 Å². The van der Waals surface area contributed by atoms with E-state index >= 15 is 0 Å². The first-order chi connectivity index (χ1) is 13.2. The lowest BCUT2D eigenvalue weighted by molar-refractivity contribution is 0.102. The van der Waals surface area contributed by atoms with Crippen LogP contribution in [0, 0.1) is 18.2 Å². The molecule has 7 nitrogen and oxygen atoms in total. The zero-order valence-corrected chi connectivity index (χ0v) is 16.3. The van der Waals surface area contributed by atoms with Crippen LogP contribution in [0.2, 0.25) is 0 Å². The van der Waals surface area contributed by atoms with Crippen molar-refractivity contribution in [3.8, 4) is 11.1 Å². The van der Waals surface area contributed by atoms with Gasteiger partial charge in [-0.05, 0) is 47.9 Å². The number of rotatable bonds is 6. The van der Waals surface area contributed by atoms with Crippen molar-refractivity contribution in [3.63, 3.8) is 0 Å². The number of carbonyl (C=O) groups excluding carboxylic acids is 1. The monoisotopic (exact) mass is 421 g/mol. The third-order valence-corrected chi connectivity index (χ3v) is 6.01. The molecule has 28 heavy (non-hydrogen) atoms. The molecule has 0 atom stereocenters. The van der Waals surface area contributed by atoms with Gasteiger partial charge in [0.2, 0.25) is 5.96 Å². The first-order valence-corrected chi connectivity index (χ1v) is 10.4. The number of halogens is 1. The number of hydrogen-bond acceptors (Lipinski definition) is 6. The summed E-state index contributed by atoms with van der Waals surface area (Å²) in [5.41, 5.74) is 8.98. The molecule has 0 amide bonds. The minimum Gasteiger partial charge on any atom is -0.368 e. The molecule has 2 aromatic carbocycles. The Morgan fingerprint density at radius 1 is 1.25 bits per heavy atom. The highest BCUT2D eigenvalue weighted by Crippen LogP contribution is 2.36. The van der Waals surface area contributed by atoms with Gasteiger partial charge in [0.05, 0.1) is 4.88 Å². The van der Waals surface area contributed by atoms with E-state index in [0.717, 1.165) is 32.5 Å². The molecule has 4 N–H and O–H groups in total. The van der Waals surface area contributed by atoms with Gasteiger partial charge in [0.25, 0.3) is 10.1 Å². The number of guanidine groups is 1. The molecule has 146 valence electrons. The highest BCUT2D eigenvalue weighted by molar-refractivity contribution is 7.87. The van der Waals surface area contributed by atoms with Gasteiger partial charge >= 0.3 is 0 Å². The van der Waals surface area contributed by atoms with Gasteiger partial charge in [-0.25, -0.2) is 9.87 Å². The van der Waals surface area contributed by atoms with Crippen molar-refractivity contribution in [2.45, 2.75) is 6.92 Å². The predicted octanol–water partition coefficient (Wildman–Crippen LogP) is 2.94. The summed E-state index contributed by atoms with van der Waals surface area (Å²) in [5, 5.41) is 7.63. The third kappa shape index (κ3) is 4.35. The van der Waals surface area contributed by atoms with Gasteiger partial charge in [0, 0.05) is 10.1 Å². The van der Waals surface area contributed by atoms with Crippen LogP contribution in [0.5, 0.6) is 0 Å². The maximum Gasteiger partial charge on any atom is 0.295 e. The van der Waals surface area contributed by atoms with Gasteiger partial charge in [0.15, 0.2) is 5.78 Å². The lowest BCUT2D eigenvalue weighted by Crippen LogP contribution is -2.34. The maximum atomic E-state index is 13.7. The third-order valence-electron chi connectivity index (χ3n) is 3.91. The maximum absolute atomic E-state index is 13.7. The molecule has 3 rings (SSSR count). The first-order valence-electron chi connectivity index (χ1n) is 8.00. The average Bonchev–Trinajstić information content (AvgIpc) is 3.06. The quantitative estimate of drug-likeness (QED) is 0.243. The largest absolute Gasteiger partial charge is 0.368 e. The molecule has 0 aliphatic heterocycles. The average molecular weight is 421 g/mol. The van der Waals surface area contributed by atoms with Crippen LogP contribution >= 0.6 is 11.3 Å². The Balaban J connectivity index is 1.96. The summed E-state index contributed by atoms with van der Waals surface area (Å²) < 4.78 is 42.4. The summed E-state index contributed by atoms with van der Waals surface area (Å²) in [4.78, 5) is 12.7. The smallest absolute Gasteiger partial charge is 0.295 e. The summed E-state index contributed by atoms with van der Waals surface area (Å²) in [6.45, 7) is 1.86. The Hall–Kier alpha value is -2.82. The first kappa shape index (κ1) is 19.9. The second-order valence-electron chi connectivity index (χ2n) is 6.01. The molecule has 0 spiro atoms. The summed E-state index contributed by atoms with van der Waals surface area (Å²) in [7, 11) is -4.26. The van der Waals surface area contributed by atoms with Crippen LogP contribution < -0.4 is 11.2 Å². The number of ketones is 1. The van der Waals surface area contributed by atoms with Crippen LogP contribution in [-0.4, -0.2) is 25.9 Å². The molecule has 0 fully saturated rings. The zero-order chi connectivity index (χ0) is 20.5. The molecule has 0 aliphatic carbocycles. The molecule has 10 heteroatoms. The molecule has 0 saturated heterocycles. The van der Waals surface area contributed by atoms with E-state index in [4.69, 9.17) is 11.1 Å². The Labute approximate surface area is 164 Å². The molecule has 3 aromatic rings. The number of benzene rings is 2. The van der Waals surface area contributed by atoms with Crippen molar-refractivity contribution in [3.05, 3.63) is 58.7 Å². The number of fused-ring (bicyclic) bond motifs is 1. The van der Waals surface area contributed by atoms with E-state index in [1.54, 1.807) is 29.7 Å². The van der Waals surface area contributed by atoms with E-state index in [9.17, 15) is 17.6 Å². The molecule has 0 bridgehead atoms. The molecule has 0 radical (unpaired) electrons. The molecule has 0 aliphatic rings. The number of carbonyl (C=O) groups is 1. The van der Waals surface area contributed by atoms with Gasteiger partial charge in [-0.1, -0.05) is 18.2 Å². The van der Waals surface area contributed by atoms with Crippen molar-refractivity contribution in [1.82, 2.24) is 5.48 Å². The number of aryl methyl sites for hydroxylation is 1. The van der Waals surface area contributed by atoms with Crippen LogP contribution in [0.25, 0.3) is 21.2 Å². The number of nitrogens with two attached hydrogens (primary N) is 1. The predicted molar refractivity (Wildman–Crippen MR) is 106 cm³/mol. The normalized spacial score (nSPS) is 11.5. The van der Waals surface area contributed by atoms with E-state index in [2.05, 4.69) is 4.28 Å². The number of Topliss-reactive ketones (excluding diaryl/α,β-unsaturated/α-hetero) is 1. The summed E-state index contributed by atoms with van der Waals surface area (Å²) >= 11 is 1.14. The fourth-order valence-electron chi connectivity index (χ4n) is 2.69. The van der Waals surface area contributed by atoms with Crippen molar-refractivity contribution in [2.75, 3.05) is 5.75 Å². The summed E-state index contributed by atoms with van der Waals surface area (Å²) in [6.07, 6.45) is 0. The van der Waals surface area contributed by atoms with E-state index < -0.39 is 27.6 Å². The molecule has 0 unspecified atom stereocenters. The SMILES string of the molecule is Cc1ccc(F)cc1-c1cccc2sc(C(=O)CS(=O)(=O)ONC(=N)N)cc12. The number of hydrogen-bond donors (Lipinski definition) is 3. The van der Waals surface area contributed by atoms with Gasteiger partial charge in [0.1, 0.15) is 11.6 Å². The van der Waals surface area contributed by atoms with Crippen LogP contribution in [0.4, 0.5) is 4.39 Å². The zero-order valence-electron chi connectivity index (χ0n) is 14.7. The molecular formula is C18H16FN3O4S2. The second kappa shape index (κ2) is 7.66. The van der Waals surface area contributed by atoms with Crippen molar-refractivity contribution >= 4 is 43.3 Å². The summed E-state index contributed by atoms with van der Waals surface area (Å²) in [5.74, 6) is -2.64. The van der Waals surface area contributed by atoms with E-state index in [1.165, 1.54) is 12.1 Å². The molecule has 1 aromatic heterocycles. The Kier molecular flexibility index (Phi) is 5.45. The molecule has 1 heterocycles. The highest BCUT2D eigenvalue weighted by atomic mass is 32.2. The van der Waals surface area contributed by atoms with Crippen LogP contribution in [0.3, 0.4) is 0 Å². The van der Waals surface area contributed by atoms with Gasteiger partial charge in [-0.2, -0.15) is 8.42 Å². The van der Waals surface area contributed by atoms with Crippen molar-refractivity contribution < 1.29 is 21.9 Å². The van der Waals surface area contributed by atoms with Crippen LogP contribution in [-0.2, 0) is 14.4 Å². The Morgan fingerprint density at radius 3 is 2.71 bits per heavy atom.